The molecule has 0 aliphatic rings. The Labute approximate surface area is 119 Å². The molecule has 2 rings (SSSR count). The average molecular weight is 268 g/mol. The van der Waals surface area contributed by atoms with Crippen molar-refractivity contribution in [2.24, 2.45) is 5.73 Å². The molecule has 20 heavy (non-hydrogen) atoms. The number of aromatic nitrogens is 1. The Hall–Kier alpha value is -2.36. The van der Waals surface area contributed by atoms with Crippen LogP contribution >= 0.6 is 0 Å². The molecule has 0 saturated heterocycles. The van der Waals surface area contributed by atoms with E-state index >= 15 is 0 Å². The van der Waals surface area contributed by atoms with Gasteiger partial charge in [0, 0.05) is 24.3 Å². The second-order valence-electron chi connectivity index (χ2n) is 5.01. The SMILES string of the molecule is CC(C)N(Cc1ccccc1)c1cnccc1C(=N)N. The average Bonchev–Trinajstić information content (AvgIpc) is 2.45. The first-order valence-electron chi connectivity index (χ1n) is 6.68. The van der Waals surface area contributed by atoms with Crippen LogP contribution in [0.4, 0.5) is 5.69 Å². The third-order valence-electron chi connectivity index (χ3n) is 3.22. The van der Waals surface area contributed by atoms with E-state index in [4.69, 9.17) is 11.1 Å². The number of nitrogens with two attached hydrogens (primary N) is 1. The highest BCUT2D eigenvalue weighted by atomic mass is 15.2. The third kappa shape index (κ3) is 3.15. The van der Waals surface area contributed by atoms with E-state index in [0.29, 0.717) is 0 Å². The molecule has 0 atom stereocenters. The van der Waals surface area contributed by atoms with Crippen molar-refractivity contribution in [3.8, 4) is 0 Å². The van der Waals surface area contributed by atoms with Crippen molar-refractivity contribution in [2.45, 2.75) is 26.4 Å². The third-order valence-corrected chi connectivity index (χ3v) is 3.22. The molecule has 0 unspecified atom stereocenters. The summed E-state index contributed by atoms with van der Waals surface area (Å²) in [5.41, 5.74) is 8.52. The minimum Gasteiger partial charge on any atom is -0.384 e. The fourth-order valence-corrected chi connectivity index (χ4v) is 2.17. The van der Waals surface area contributed by atoms with Gasteiger partial charge in [-0.2, -0.15) is 0 Å². The number of nitrogens with one attached hydrogen (secondary N) is 1. The lowest BCUT2D eigenvalue weighted by atomic mass is 10.1. The largest absolute Gasteiger partial charge is 0.384 e. The van der Waals surface area contributed by atoms with Crippen LogP contribution in [0.2, 0.25) is 0 Å². The highest BCUT2D eigenvalue weighted by Crippen LogP contribution is 2.23. The molecule has 4 heteroatoms. The molecule has 0 spiro atoms. The number of nitrogen functional groups attached to an aromatic ring is 1. The van der Waals surface area contributed by atoms with E-state index in [-0.39, 0.29) is 11.9 Å². The predicted octanol–water partition coefficient (Wildman–Crippen LogP) is 2.78. The molecule has 2 aromatic rings. The van der Waals surface area contributed by atoms with Gasteiger partial charge < -0.3 is 10.6 Å². The van der Waals surface area contributed by atoms with Crippen molar-refractivity contribution in [3.05, 3.63) is 59.9 Å². The fourth-order valence-electron chi connectivity index (χ4n) is 2.17. The number of hydrogen-bond acceptors (Lipinski definition) is 3. The zero-order valence-corrected chi connectivity index (χ0v) is 11.9. The second-order valence-corrected chi connectivity index (χ2v) is 5.01. The molecule has 0 aliphatic heterocycles. The van der Waals surface area contributed by atoms with Crippen LogP contribution in [0.25, 0.3) is 0 Å². The van der Waals surface area contributed by atoms with Crippen LogP contribution in [0, 0.1) is 5.41 Å². The number of benzene rings is 1. The van der Waals surface area contributed by atoms with Gasteiger partial charge in [0.05, 0.1) is 11.9 Å². The lowest BCUT2D eigenvalue weighted by Crippen LogP contribution is -2.32. The summed E-state index contributed by atoms with van der Waals surface area (Å²) >= 11 is 0. The van der Waals surface area contributed by atoms with Crippen LogP contribution in [0.5, 0.6) is 0 Å². The lowest BCUT2D eigenvalue weighted by molar-refractivity contribution is 0.680. The van der Waals surface area contributed by atoms with Crippen molar-refractivity contribution >= 4 is 11.5 Å². The van der Waals surface area contributed by atoms with Gasteiger partial charge in [-0.3, -0.25) is 10.4 Å². The number of amidine groups is 1. The van der Waals surface area contributed by atoms with E-state index in [1.807, 2.05) is 18.2 Å². The standard InChI is InChI=1S/C16H20N4/c1-12(2)20(11-13-6-4-3-5-7-13)15-10-19-9-8-14(15)16(17)18/h3-10,12H,11H2,1-2H3,(H3,17,18). The Morgan fingerprint density at radius 2 is 1.95 bits per heavy atom. The zero-order valence-electron chi connectivity index (χ0n) is 11.9. The highest BCUT2D eigenvalue weighted by molar-refractivity contribution is 6.00. The van der Waals surface area contributed by atoms with Crippen LogP contribution in [0.3, 0.4) is 0 Å². The van der Waals surface area contributed by atoms with Gasteiger partial charge in [0.25, 0.3) is 0 Å². The summed E-state index contributed by atoms with van der Waals surface area (Å²) in [5.74, 6) is 0.0705. The molecule has 0 amide bonds. The maximum absolute atomic E-state index is 7.71. The Kier molecular flexibility index (Phi) is 4.35. The molecular formula is C16H20N4. The van der Waals surface area contributed by atoms with Crippen molar-refractivity contribution in [2.75, 3.05) is 4.90 Å². The first kappa shape index (κ1) is 14.1. The first-order valence-corrected chi connectivity index (χ1v) is 6.68. The molecule has 4 nitrogen and oxygen atoms in total. The monoisotopic (exact) mass is 268 g/mol. The fraction of sp³-hybridized carbons (Fsp3) is 0.250. The van der Waals surface area contributed by atoms with Crippen LogP contribution in [-0.2, 0) is 6.54 Å². The summed E-state index contributed by atoms with van der Waals surface area (Å²) in [6, 6.07) is 12.3. The van der Waals surface area contributed by atoms with Crippen LogP contribution in [-0.4, -0.2) is 16.9 Å². The highest BCUT2D eigenvalue weighted by Gasteiger charge is 2.16. The van der Waals surface area contributed by atoms with Crippen LogP contribution in [0.15, 0.2) is 48.8 Å². The topological polar surface area (TPSA) is 66.0 Å². The summed E-state index contributed by atoms with van der Waals surface area (Å²) in [5, 5.41) is 7.71. The Morgan fingerprint density at radius 1 is 1.25 bits per heavy atom. The predicted molar refractivity (Wildman–Crippen MR) is 83.0 cm³/mol. The maximum Gasteiger partial charge on any atom is 0.125 e. The van der Waals surface area contributed by atoms with Gasteiger partial charge in [-0.1, -0.05) is 30.3 Å². The van der Waals surface area contributed by atoms with Crippen molar-refractivity contribution < 1.29 is 0 Å². The van der Waals surface area contributed by atoms with Crippen LogP contribution < -0.4 is 10.6 Å². The molecule has 0 aliphatic carbocycles. The van der Waals surface area contributed by atoms with E-state index < -0.39 is 0 Å². The molecular weight excluding hydrogens is 248 g/mol. The van der Waals surface area contributed by atoms with Crippen molar-refractivity contribution in [1.82, 2.24) is 4.98 Å². The Bertz CT molecular complexity index is 578. The molecule has 0 saturated carbocycles. The quantitative estimate of drug-likeness (QED) is 0.647. The Balaban J connectivity index is 2.37. The second kappa shape index (κ2) is 6.19. The molecule has 1 heterocycles. The smallest absolute Gasteiger partial charge is 0.125 e. The zero-order chi connectivity index (χ0) is 14.5. The van der Waals surface area contributed by atoms with E-state index in [1.54, 1.807) is 18.5 Å². The normalized spacial score (nSPS) is 10.6. The number of hydrogen-bond donors (Lipinski definition) is 2. The summed E-state index contributed by atoms with van der Waals surface area (Å²) in [7, 11) is 0. The molecule has 0 radical (unpaired) electrons. The maximum atomic E-state index is 7.71. The van der Waals surface area contributed by atoms with Gasteiger partial charge in [-0.25, -0.2) is 0 Å². The minimum absolute atomic E-state index is 0.0705. The number of nitrogens with zero attached hydrogens (tertiary/aromatic N) is 2. The van der Waals surface area contributed by atoms with E-state index in [9.17, 15) is 0 Å². The first-order chi connectivity index (χ1) is 9.59. The van der Waals surface area contributed by atoms with Gasteiger partial charge >= 0.3 is 0 Å². The minimum atomic E-state index is 0.0705. The summed E-state index contributed by atoms with van der Waals surface area (Å²) in [6.45, 7) is 5.02. The summed E-state index contributed by atoms with van der Waals surface area (Å²) in [4.78, 5) is 6.39. The summed E-state index contributed by atoms with van der Waals surface area (Å²) < 4.78 is 0. The van der Waals surface area contributed by atoms with Gasteiger partial charge in [0.2, 0.25) is 0 Å². The number of anilines is 1. The van der Waals surface area contributed by atoms with Crippen molar-refractivity contribution in [3.63, 3.8) is 0 Å². The van der Waals surface area contributed by atoms with Gasteiger partial charge in [-0.15, -0.1) is 0 Å². The van der Waals surface area contributed by atoms with E-state index in [0.717, 1.165) is 17.8 Å². The lowest BCUT2D eigenvalue weighted by Gasteiger charge is -2.30. The number of pyridine rings is 1. The van der Waals surface area contributed by atoms with E-state index in [1.165, 1.54) is 5.56 Å². The van der Waals surface area contributed by atoms with E-state index in [2.05, 4.69) is 35.9 Å². The van der Waals surface area contributed by atoms with Gasteiger partial charge in [0.15, 0.2) is 0 Å². The molecule has 3 N–H and O–H groups in total. The van der Waals surface area contributed by atoms with Crippen molar-refractivity contribution in [1.29, 1.82) is 5.41 Å². The van der Waals surface area contributed by atoms with Gasteiger partial charge in [-0.05, 0) is 25.5 Å². The molecule has 1 aromatic heterocycles. The molecule has 1 aromatic carbocycles. The Morgan fingerprint density at radius 3 is 2.55 bits per heavy atom. The molecule has 0 fully saturated rings. The molecule has 104 valence electrons. The van der Waals surface area contributed by atoms with Crippen LogP contribution in [0.1, 0.15) is 25.0 Å². The van der Waals surface area contributed by atoms with Gasteiger partial charge in [0.1, 0.15) is 5.84 Å². The molecule has 0 bridgehead atoms. The summed E-state index contributed by atoms with van der Waals surface area (Å²) in [6.07, 6.45) is 3.45. The number of rotatable bonds is 5.